The molecule has 3 amide bonds. The number of hydrogen-bond acceptors (Lipinski definition) is 21. The molecule has 0 radical (unpaired) electrons. The smallest absolute Gasteiger partial charge is 0.326 e. The van der Waals surface area contributed by atoms with Crippen LogP contribution < -0.4 is 36.4 Å². The number of aromatic nitrogens is 3. The number of nitrogens with zero attached hydrogens (tertiary/aromatic N) is 9. The van der Waals surface area contributed by atoms with E-state index in [1.54, 1.807) is 0 Å². The van der Waals surface area contributed by atoms with Crippen LogP contribution in [0.3, 0.4) is 0 Å². The first kappa shape index (κ1) is 72.9. The van der Waals surface area contributed by atoms with Gasteiger partial charge in [-0.15, -0.1) is 0 Å². The highest BCUT2D eigenvalue weighted by molar-refractivity contribution is 5.86. The van der Waals surface area contributed by atoms with Crippen LogP contribution in [0.1, 0.15) is 97.0 Å². The SMILES string of the molecule is CCN(CC)CC(O)OC1(/C=C(/O)CN(C)C(C)Cc2ccc(Nc3nc(NCCCCCCCC(=O)NCCCC[C@H](NC(=O)N[C@@H](CCC(=O)O)C(=O)O)C(=O)O)nc(N4CCN(c5ccccc5)CC4)n3)cc2)/C=C(/O)CN(C)CCN(C)C/C(O)=C\1. The normalized spacial score (nSPS) is 18.9. The van der Waals surface area contributed by atoms with Gasteiger partial charge in [-0.1, -0.05) is 63.4 Å². The summed E-state index contributed by atoms with van der Waals surface area (Å²) in [5.74, 6) is -2.88. The second-order valence-electron chi connectivity index (χ2n) is 23.3. The zero-order valence-electron chi connectivity index (χ0n) is 53.2. The Balaban J connectivity index is 1.13. The fourth-order valence-corrected chi connectivity index (χ4v) is 10.5. The molecule has 12 N–H and O–H groups in total. The van der Waals surface area contributed by atoms with E-state index >= 15 is 0 Å². The maximum atomic E-state index is 12.5. The van der Waals surface area contributed by atoms with E-state index in [1.807, 2.05) is 97.1 Å². The molecule has 27 nitrogen and oxygen atoms in total. The fraction of sp³-hybridized carbons (Fsp3) is 0.587. The van der Waals surface area contributed by atoms with Crippen molar-refractivity contribution in [2.45, 2.75) is 128 Å². The lowest BCUT2D eigenvalue weighted by atomic mass is 9.98. The Kier molecular flexibility index (Phi) is 30.8. The second kappa shape index (κ2) is 38.0. The monoisotopic (exact) mass is 1260 g/mol. The fourth-order valence-electron chi connectivity index (χ4n) is 10.5. The van der Waals surface area contributed by atoms with Crippen molar-refractivity contribution in [1.29, 1.82) is 0 Å². The number of carboxylic acids is 3. The lowest BCUT2D eigenvalue weighted by molar-refractivity contribution is -0.146. The molecule has 3 heterocycles. The van der Waals surface area contributed by atoms with Crippen molar-refractivity contribution in [2.75, 3.05) is 133 Å². The number of aliphatic hydroxyl groups excluding tert-OH is 4. The minimum Gasteiger partial charge on any atom is -0.511 e. The molecule has 2 unspecified atom stereocenters. The number of aliphatic carboxylic acids is 3. The molecule has 1 fully saturated rings. The standard InChI is InChI=1S/C63H98N14O13/c1-7-75(8-2)44-56(84)90-63(38-49(78)41-72(4)31-32-73(5)42-50(79)39-63)40-51(80)43-74(6)45(3)37-46-23-25-47(26-24-46)66-60-69-59(70-61(71-60)77-35-33-76(34-36-77)48-19-13-12-14-20-48)65-30-17-11-9-10-15-22-54(81)64-29-18-16-21-52(57(85)86)67-62(89)68-53(58(87)88)27-28-55(82)83/h12-14,19-20,23-26,38-40,45,52-53,56,78-80,84H,7-11,15-18,21-22,27-37,41-44H2,1-6H3,(H,64,81)(H,82,83)(H,85,86)(H,87,88)(H2,67,68,89)(H2,65,66,69,70,71)/b49-38+,50-39+,51-40+/t45?,52-,53-,56?/m0/s1. The summed E-state index contributed by atoms with van der Waals surface area (Å²) in [5.41, 5.74) is 1.29. The third kappa shape index (κ3) is 26.7. The number of carboxylic acid groups (broad SMARTS) is 3. The molecular weight excluding hydrogens is 1160 g/mol. The van der Waals surface area contributed by atoms with Crippen LogP contribution in [0, 0.1) is 0 Å². The third-order valence-electron chi connectivity index (χ3n) is 15.7. The zero-order valence-corrected chi connectivity index (χ0v) is 53.2. The Bertz CT molecular complexity index is 2770. The van der Waals surface area contributed by atoms with Crippen LogP contribution in [0.4, 0.5) is 34.0 Å². The number of piperazine rings is 1. The maximum Gasteiger partial charge on any atom is 0.326 e. The van der Waals surface area contributed by atoms with Crippen LogP contribution in [-0.2, 0) is 30.3 Å². The number of ether oxygens (including phenoxy) is 1. The summed E-state index contributed by atoms with van der Waals surface area (Å²) in [5, 5.41) is 87.0. The highest BCUT2D eigenvalue weighted by atomic mass is 16.6. The molecule has 2 aromatic carbocycles. The minimum absolute atomic E-state index is 0.0351. The molecule has 498 valence electrons. The number of hydrogen-bond donors (Lipinski definition) is 12. The summed E-state index contributed by atoms with van der Waals surface area (Å²) in [6.07, 6.45) is 8.16. The van der Waals surface area contributed by atoms with Crippen molar-refractivity contribution in [3.63, 3.8) is 0 Å². The van der Waals surface area contributed by atoms with Gasteiger partial charge >= 0.3 is 23.9 Å². The predicted octanol–water partition coefficient (Wildman–Crippen LogP) is 5.53. The number of carbonyl (C=O) groups is 5. The molecule has 27 heteroatoms. The van der Waals surface area contributed by atoms with Crippen molar-refractivity contribution in [2.24, 2.45) is 0 Å². The number of nitrogens with one attached hydrogen (secondary N) is 5. The lowest BCUT2D eigenvalue weighted by Crippen LogP contribution is -2.51. The Morgan fingerprint density at radius 3 is 1.89 bits per heavy atom. The molecule has 2 aliphatic heterocycles. The Labute approximate surface area is 528 Å². The van der Waals surface area contributed by atoms with Gasteiger partial charge in [-0.25, -0.2) is 14.4 Å². The van der Waals surface area contributed by atoms with Gasteiger partial charge < -0.3 is 76.9 Å². The summed E-state index contributed by atoms with van der Waals surface area (Å²) in [6, 6.07) is 14.4. The van der Waals surface area contributed by atoms with E-state index in [0.29, 0.717) is 102 Å². The van der Waals surface area contributed by atoms with Gasteiger partial charge in [0.2, 0.25) is 23.8 Å². The second-order valence-corrected chi connectivity index (χ2v) is 23.3. The van der Waals surface area contributed by atoms with Gasteiger partial charge in [0, 0.05) is 89.2 Å². The Morgan fingerprint density at radius 2 is 1.28 bits per heavy atom. The first-order valence-corrected chi connectivity index (χ1v) is 31.3. The number of rotatable bonds is 37. The quantitative estimate of drug-likeness (QED) is 0.0192. The number of carbonyl (C=O) groups excluding carboxylic acids is 2. The minimum atomic E-state index is -1.70. The molecule has 5 rings (SSSR count). The van der Waals surface area contributed by atoms with Crippen LogP contribution in [0.15, 0.2) is 90.1 Å². The highest BCUT2D eigenvalue weighted by Crippen LogP contribution is 2.27. The molecule has 0 saturated carbocycles. The largest absolute Gasteiger partial charge is 0.511 e. The van der Waals surface area contributed by atoms with Gasteiger partial charge in [0.25, 0.3) is 0 Å². The van der Waals surface area contributed by atoms with Crippen LogP contribution in [0.25, 0.3) is 0 Å². The van der Waals surface area contributed by atoms with E-state index in [2.05, 4.69) is 55.4 Å². The lowest BCUT2D eigenvalue weighted by Gasteiger charge is -2.36. The number of benzene rings is 2. The van der Waals surface area contributed by atoms with Crippen molar-refractivity contribution in [3.05, 3.63) is 95.7 Å². The molecule has 3 aromatic rings. The van der Waals surface area contributed by atoms with E-state index in [4.69, 9.17) is 24.8 Å². The topological polar surface area (TPSA) is 354 Å². The molecule has 1 saturated heterocycles. The van der Waals surface area contributed by atoms with Gasteiger partial charge in [-0.05, 0) is 134 Å². The number of urea groups is 1. The number of likely N-dealkylation sites (N-methyl/N-ethyl adjacent to an activating group) is 4. The summed E-state index contributed by atoms with van der Waals surface area (Å²) in [6.45, 7) is 13.2. The summed E-state index contributed by atoms with van der Waals surface area (Å²) >= 11 is 0. The van der Waals surface area contributed by atoms with Crippen molar-refractivity contribution in [1.82, 2.24) is 50.5 Å². The van der Waals surface area contributed by atoms with Crippen molar-refractivity contribution >= 4 is 59.1 Å². The summed E-state index contributed by atoms with van der Waals surface area (Å²) in [4.78, 5) is 85.7. The molecule has 1 aromatic heterocycles. The average molecular weight is 1260 g/mol. The molecule has 4 atom stereocenters. The molecule has 0 bridgehead atoms. The van der Waals surface area contributed by atoms with Gasteiger partial charge in [0.05, 0.1) is 19.6 Å². The van der Waals surface area contributed by atoms with Gasteiger partial charge in [0.1, 0.15) is 35.0 Å². The number of amides is 3. The maximum absolute atomic E-state index is 12.5. The summed E-state index contributed by atoms with van der Waals surface area (Å²) < 4.78 is 6.29. The molecule has 0 spiro atoms. The van der Waals surface area contributed by atoms with Crippen LogP contribution in [0.5, 0.6) is 0 Å². The van der Waals surface area contributed by atoms with Gasteiger partial charge in [-0.3, -0.25) is 29.2 Å². The van der Waals surface area contributed by atoms with Crippen molar-refractivity contribution in [3.8, 4) is 0 Å². The number of unbranched alkanes of at least 4 members (excludes halogenated alkanes) is 5. The van der Waals surface area contributed by atoms with E-state index in [9.17, 15) is 54.6 Å². The van der Waals surface area contributed by atoms with Crippen LogP contribution in [0.2, 0.25) is 0 Å². The molecule has 2 aliphatic rings. The third-order valence-corrected chi connectivity index (χ3v) is 15.7. The van der Waals surface area contributed by atoms with Crippen LogP contribution >= 0.6 is 0 Å². The average Bonchev–Trinajstić information content (AvgIpc) is 1.07. The van der Waals surface area contributed by atoms with Crippen molar-refractivity contribution < 1.29 is 64.5 Å². The van der Waals surface area contributed by atoms with E-state index in [1.165, 1.54) is 18.2 Å². The van der Waals surface area contributed by atoms with E-state index in [-0.39, 0.29) is 68.2 Å². The molecular formula is C63H98N14O13. The molecule has 90 heavy (non-hydrogen) atoms. The van der Waals surface area contributed by atoms with E-state index in [0.717, 1.165) is 55.7 Å². The number of para-hydroxylation sites is 1. The Morgan fingerprint density at radius 1 is 0.700 bits per heavy atom. The van der Waals surface area contributed by atoms with Gasteiger partial charge in [-0.2, -0.15) is 15.0 Å². The number of aliphatic hydroxyl groups is 4. The van der Waals surface area contributed by atoms with Crippen LogP contribution in [-0.4, -0.2) is 243 Å². The summed E-state index contributed by atoms with van der Waals surface area (Å²) in [7, 11) is 5.66. The first-order valence-electron chi connectivity index (χ1n) is 31.3. The van der Waals surface area contributed by atoms with Gasteiger partial charge in [0.15, 0.2) is 6.29 Å². The molecule has 0 aliphatic carbocycles. The highest BCUT2D eigenvalue weighted by Gasteiger charge is 2.33. The Hall–Kier alpha value is -7.82. The predicted molar refractivity (Wildman–Crippen MR) is 345 cm³/mol. The zero-order chi connectivity index (χ0) is 65.6. The first-order chi connectivity index (χ1) is 43.0. The van der Waals surface area contributed by atoms with E-state index < -0.39 is 54.3 Å². The number of anilines is 5.